The topological polar surface area (TPSA) is 22.1 Å². The molecule has 64 valence electrons. The second-order valence-electron chi connectivity index (χ2n) is 2.54. The van der Waals surface area contributed by atoms with Crippen LogP contribution in [0.4, 0.5) is 0 Å². The van der Waals surface area contributed by atoms with E-state index in [0.717, 1.165) is 11.3 Å². The lowest BCUT2D eigenvalue weighted by Gasteiger charge is -2.05. The number of nitrogens with zero attached hydrogens (tertiary/aromatic N) is 1. The molecule has 0 saturated heterocycles. The van der Waals surface area contributed by atoms with Gasteiger partial charge < -0.3 is 4.74 Å². The smallest absolute Gasteiger partial charge is 0.120 e. The summed E-state index contributed by atoms with van der Waals surface area (Å²) in [5.74, 6) is 0.685. The Kier molecular flexibility index (Phi) is 2.86. The predicted octanol–water partition coefficient (Wildman–Crippen LogP) is 2.40. The second kappa shape index (κ2) is 3.90. The monoisotopic (exact) mass is 163 g/mol. The Morgan fingerprint density at radius 3 is 2.83 bits per heavy atom. The number of rotatable bonds is 3. The minimum Gasteiger partial charge on any atom is -0.494 e. The van der Waals surface area contributed by atoms with E-state index in [1.54, 1.807) is 6.20 Å². The van der Waals surface area contributed by atoms with Crippen LogP contribution in [0.3, 0.4) is 0 Å². The summed E-state index contributed by atoms with van der Waals surface area (Å²) in [6.45, 7) is 8.32. The van der Waals surface area contributed by atoms with E-state index >= 15 is 0 Å². The molecule has 0 amide bonds. The molecule has 0 fully saturated rings. The summed E-state index contributed by atoms with van der Waals surface area (Å²) in [4.78, 5) is 4.14. The molecule has 0 aliphatic carbocycles. The van der Waals surface area contributed by atoms with Gasteiger partial charge in [0, 0.05) is 17.5 Å². The number of ether oxygens (including phenoxy) is 1. The molecule has 2 heteroatoms. The Balaban J connectivity index is 2.75. The highest BCUT2D eigenvalue weighted by molar-refractivity contribution is 5.56. The lowest BCUT2D eigenvalue weighted by Crippen LogP contribution is -1.91. The first-order valence-electron chi connectivity index (χ1n) is 3.98. The molecule has 0 aromatic carbocycles. The molecule has 1 heterocycles. The summed E-state index contributed by atoms with van der Waals surface area (Å²) >= 11 is 0. The van der Waals surface area contributed by atoms with Gasteiger partial charge in [-0.2, -0.15) is 0 Å². The van der Waals surface area contributed by atoms with Crippen LogP contribution >= 0.6 is 0 Å². The van der Waals surface area contributed by atoms with Crippen molar-refractivity contribution in [2.75, 3.05) is 6.61 Å². The molecule has 0 aliphatic heterocycles. The van der Waals surface area contributed by atoms with Gasteiger partial charge in [0.15, 0.2) is 0 Å². The normalized spacial score (nSPS) is 9.50. The quantitative estimate of drug-likeness (QED) is 0.638. The Bertz CT molecular complexity index is 264. The van der Waals surface area contributed by atoms with Crippen molar-refractivity contribution in [3.05, 3.63) is 36.2 Å². The van der Waals surface area contributed by atoms with Crippen LogP contribution in [0.2, 0.25) is 0 Å². The van der Waals surface area contributed by atoms with Crippen molar-refractivity contribution in [1.82, 2.24) is 4.98 Å². The lowest BCUT2D eigenvalue weighted by molar-refractivity contribution is 0.299. The molecule has 0 radical (unpaired) electrons. The van der Waals surface area contributed by atoms with Crippen LogP contribution in [-0.2, 0) is 4.74 Å². The first-order chi connectivity index (χ1) is 5.74. The van der Waals surface area contributed by atoms with Crippen molar-refractivity contribution < 1.29 is 4.74 Å². The van der Waals surface area contributed by atoms with Crippen molar-refractivity contribution in [3.8, 4) is 0 Å². The van der Waals surface area contributed by atoms with Crippen molar-refractivity contribution in [1.29, 1.82) is 0 Å². The van der Waals surface area contributed by atoms with Gasteiger partial charge in [-0.1, -0.05) is 6.58 Å². The zero-order chi connectivity index (χ0) is 8.97. The molecule has 12 heavy (non-hydrogen) atoms. The molecule has 1 aromatic rings. The fourth-order valence-electron chi connectivity index (χ4n) is 0.890. The molecule has 0 spiro atoms. The molecule has 0 unspecified atom stereocenters. The van der Waals surface area contributed by atoms with Gasteiger partial charge in [-0.15, -0.1) is 0 Å². The Labute approximate surface area is 72.9 Å². The highest BCUT2D eigenvalue weighted by atomic mass is 16.5. The first kappa shape index (κ1) is 8.78. The number of aryl methyl sites for hydroxylation is 1. The molecule has 0 aliphatic rings. The van der Waals surface area contributed by atoms with E-state index < -0.39 is 0 Å². The van der Waals surface area contributed by atoms with Gasteiger partial charge >= 0.3 is 0 Å². The molecule has 0 saturated carbocycles. The van der Waals surface area contributed by atoms with Gasteiger partial charge in [-0.05, 0) is 26.0 Å². The molecule has 1 aromatic heterocycles. The van der Waals surface area contributed by atoms with E-state index in [4.69, 9.17) is 4.74 Å². The van der Waals surface area contributed by atoms with Crippen molar-refractivity contribution in [2.24, 2.45) is 0 Å². The van der Waals surface area contributed by atoms with E-state index in [-0.39, 0.29) is 0 Å². The minimum absolute atomic E-state index is 0.646. The van der Waals surface area contributed by atoms with Crippen LogP contribution in [-0.4, -0.2) is 11.6 Å². The summed E-state index contributed by atoms with van der Waals surface area (Å²) in [5.41, 5.74) is 1.95. The maximum Gasteiger partial charge on any atom is 0.120 e. The standard InChI is InChI=1S/C10H13NO/c1-4-12-9(3)10-6-5-8(2)11-7-10/h5-7H,3-4H2,1-2H3. The summed E-state index contributed by atoms with van der Waals surface area (Å²) in [6.07, 6.45) is 1.77. The summed E-state index contributed by atoms with van der Waals surface area (Å²) in [5, 5.41) is 0. The Morgan fingerprint density at radius 1 is 1.58 bits per heavy atom. The number of aromatic nitrogens is 1. The van der Waals surface area contributed by atoms with Gasteiger partial charge in [0.25, 0.3) is 0 Å². The average Bonchev–Trinajstić information content (AvgIpc) is 2.06. The van der Waals surface area contributed by atoms with Crippen molar-refractivity contribution in [2.45, 2.75) is 13.8 Å². The third-order valence-electron chi connectivity index (χ3n) is 1.55. The summed E-state index contributed by atoms with van der Waals surface area (Å²) in [7, 11) is 0. The molecular formula is C10H13NO. The number of hydrogen-bond acceptors (Lipinski definition) is 2. The molecule has 1 rings (SSSR count). The highest BCUT2D eigenvalue weighted by Gasteiger charge is 1.97. The van der Waals surface area contributed by atoms with Gasteiger partial charge in [-0.3, -0.25) is 4.98 Å². The van der Waals surface area contributed by atoms with Gasteiger partial charge in [0.1, 0.15) is 5.76 Å². The predicted molar refractivity (Wildman–Crippen MR) is 49.6 cm³/mol. The van der Waals surface area contributed by atoms with Gasteiger partial charge in [0.2, 0.25) is 0 Å². The van der Waals surface area contributed by atoms with Gasteiger partial charge in [-0.25, -0.2) is 0 Å². The summed E-state index contributed by atoms with van der Waals surface area (Å²) < 4.78 is 5.23. The molecule has 0 atom stereocenters. The minimum atomic E-state index is 0.646. The van der Waals surface area contributed by atoms with E-state index in [1.165, 1.54) is 0 Å². The maximum atomic E-state index is 5.23. The maximum absolute atomic E-state index is 5.23. The fourth-order valence-corrected chi connectivity index (χ4v) is 0.890. The van der Waals surface area contributed by atoms with Crippen molar-refractivity contribution >= 4 is 5.76 Å². The molecule has 0 N–H and O–H groups in total. The average molecular weight is 163 g/mol. The van der Waals surface area contributed by atoms with E-state index in [0.29, 0.717) is 12.4 Å². The van der Waals surface area contributed by atoms with E-state index in [9.17, 15) is 0 Å². The summed E-state index contributed by atoms with van der Waals surface area (Å²) in [6, 6.07) is 3.90. The zero-order valence-electron chi connectivity index (χ0n) is 7.50. The van der Waals surface area contributed by atoms with Gasteiger partial charge in [0.05, 0.1) is 6.61 Å². The van der Waals surface area contributed by atoms with Crippen LogP contribution in [0.5, 0.6) is 0 Å². The molecular weight excluding hydrogens is 150 g/mol. The SMILES string of the molecule is C=C(OCC)c1ccc(C)nc1. The third-order valence-corrected chi connectivity index (χ3v) is 1.55. The van der Waals surface area contributed by atoms with Crippen LogP contribution in [0.15, 0.2) is 24.9 Å². The fraction of sp³-hybridized carbons (Fsp3) is 0.300. The molecule has 0 bridgehead atoms. The number of hydrogen-bond donors (Lipinski definition) is 0. The molecule has 2 nitrogen and oxygen atoms in total. The van der Waals surface area contributed by atoms with E-state index in [1.807, 2.05) is 26.0 Å². The zero-order valence-corrected chi connectivity index (χ0v) is 7.50. The van der Waals surface area contributed by atoms with Crippen LogP contribution in [0, 0.1) is 6.92 Å². The van der Waals surface area contributed by atoms with E-state index in [2.05, 4.69) is 11.6 Å². The van der Waals surface area contributed by atoms with Crippen LogP contribution in [0.25, 0.3) is 5.76 Å². The van der Waals surface area contributed by atoms with Crippen LogP contribution < -0.4 is 0 Å². The highest BCUT2D eigenvalue weighted by Crippen LogP contribution is 2.11. The largest absolute Gasteiger partial charge is 0.494 e. The first-order valence-corrected chi connectivity index (χ1v) is 3.98. The Hall–Kier alpha value is -1.31. The Morgan fingerprint density at radius 2 is 2.33 bits per heavy atom. The third kappa shape index (κ3) is 2.09. The number of pyridine rings is 1. The van der Waals surface area contributed by atoms with Crippen LogP contribution in [0.1, 0.15) is 18.2 Å². The lowest BCUT2D eigenvalue weighted by atomic mass is 10.2. The second-order valence-corrected chi connectivity index (χ2v) is 2.54. The van der Waals surface area contributed by atoms with Crippen molar-refractivity contribution in [3.63, 3.8) is 0 Å².